The van der Waals surface area contributed by atoms with Gasteiger partial charge in [0.05, 0.1) is 19.3 Å². The van der Waals surface area contributed by atoms with Crippen LogP contribution in [0.1, 0.15) is 19.8 Å². The Balaban J connectivity index is 3.30. The lowest BCUT2D eigenvalue weighted by Crippen LogP contribution is -2.41. The van der Waals surface area contributed by atoms with Crippen LogP contribution >= 0.6 is 0 Å². The van der Waals surface area contributed by atoms with E-state index in [0.29, 0.717) is 39.5 Å². The van der Waals surface area contributed by atoms with Gasteiger partial charge in [0.1, 0.15) is 0 Å². The van der Waals surface area contributed by atoms with Gasteiger partial charge >= 0.3 is 0 Å². The molecule has 1 atom stereocenters. The second-order valence-electron chi connectivity index (χ2n) is 3.87. The lowest BCUT2D eigenvalue weighted by molar-refractivity contribution is -0.120. The van der Waals surface area contributed by atoms with Gasteiger partial charge in [0.25, 0.3) is 0 Å². The van der Waals surface area contributed by atoms with Crippen LogP contribution in [0, 0.1) is 0 Å². The molecule has 6 heteroatoms. The van der Waals surface area contributed by atoms with E-state index in [2.05, 4.69) is 5.32 Å². The molecule has 0 aromatic carbocycles. The molecule has 0 radical (unpaired) electrons. The minimum absolute atomic E-state index is 0.308. The topological polar surface area (TPSA) is 82.8 Å². The molecule has 0 aromatic heterocycles. The fraction of sp³-hybridized carbons (Fsp3) is 0.917. The molecule has 1 amide bonds. The van der Waals surface area contributed by atoms with Crippen LogP contribution in [-0.2, 0) is 19.0 Å². The summed E-state index contributed by atoms with van der Waals surface area (Å²) in [4.78, 5) is 11.0. The van der Waals surface area contributed by atoms with Gasteiger partial charge in [-0.1, -0.05) is 6.92 Å². The number of hydrogen-bond acceptors (Lipinski definition) is 5. The fourth-order valence-electron chi connectivity index (χ4n) is 1.42. The number of amides is 1. The Labute approximate surface area is 109 Å². The van der Waals surface area contributed by atoms with Crippen molar-refractivity contribution in [1.82, 2.24) is 5.32 Å². The molecule has 0 rings (SSSR count). The van der Waals surface area contributed by atoms with E-state index >= 15 is 0 Å². The number of carbonyl (C=O) groups excluding carboxylic acids is 1. The van der Waals surface area contributed by atoms with E-state index in [1.807, 2.05) is 6.92 Å². The minimum atomic E-state index is -0.337. The lowest BCUT2D eigenvalue weighted by atomic mass is 10.2. The van der Waals surface area contributed by atoms with Gasteiger partial charge in [-0.15, -0.1) is 0 Å². The van der Waals surface area contributed by atoms with E-state index in [-0.39, 0.29) is 11.9 Å². The first-order valence-corrected chi connectivity index (χ1v) is 6.39. The first-order chi connectivity index (χ1) is 8.72. The number of carbonyl (C=O) groups is 1. The van der Waals surface area contributed by atoms with Crippen molar-refractivity contribution in [2.24, 2.45) is 5.73 Å². The number of nitrogens with two attached hydrogens (primary N) is 1. The third-order valence-electron chi connectivity index (χ3n) is 2.35. The van der Waals surface area contributed by atoms with E-state index in [4.69, 9.17) is 19.9 Å². The predicted molar refractivity (Wildman–Crippen MR) is 69.4 cm³/mol. The van der Waals surface area contributed by atoms with E-state index < -0.39 is 0 Å². The Hall–Kier alpha value is -0.690. The Kier molecular flexibility index (Phi) is 12.3. The summed E-state index contributed by atoms with van der Waals surface area (Å²) in [7, 11) is 1.67. The number of rotatable bonds is 13. The molecule has 0 saturated carbocycles. The average molecular weight is 262 g/mol. The zero-order valence-electron chi connectivity index (χ0n) is 11.4. The molecule has 0 heterocycles. The molecule has 0 fully saturated rings. The molecule has 0 aliphatic carbocycles. The zero-order valence-corrected chi connectivity index (χ0v) is 11.4. The molecule has 0 aliphatic heterocycles. The number of primary amides is 1. The molecule has 0 aromatic rings. The van der Waals surface area contributed by atoms with Gasteiger partial charge in [0.2, 0.25) is 5.91 Å². The molecule has 0 bridgehead atoms. The standard InChI is InChI=1S/C12H26N2O4/c1-3-14-11(12(13)15)5-8-18-10-9-17-7-4-6-16-2/h11,14H,3-10H2,1-2H3,(H2,13,15). The van der Waals surface area contributed by atoms with Crippen LogP contribution in [0.3, 0.4) is 0 Å². The Bertz CT molecular complexity index is 203. The molecule has 3 N–H and O–H groups in total. The van der Waals surface area contributed by atoms with Crippen molar-refractivity contribution in [3.05, 3.63) is 0 Å². The van der Waals surface area contributed by atoms with Gasteiger partial charge in [-0.25, -0.2) is 0 Å². The molecule has 0 aliphatic rings. The summed E-state index contributed by atoms with van der Waals surface area (Å²) in [6.45, 7) is 5.64. The van der Waals surface area contributed by atoms with E-state index in [9.17, 15) is 4.79 Å². The maximum atomic E-state index is 11.0. The fourth-order valence-corrected chi connectivity index (χ4v) is 1.42. The molecule has 18 heavy (non-hydrogen) atoms. The predicted octanol–water partition coefficient (Wildman–Crippen LogP) is -0.0904. The summed E-state index contributed by atoms with van der Waals surface area (Å²) in [6, 6.07) is -0.308. The Morgan fingerprint density at radius 2 is 1.83 bits per heavy atom. The monoisotopic (exact) mass is 262 g/mol. The molecule has 6 nitrogen and oxygen atoms in total. The normalized spacial score (nSPS) is 12.6. The van der Waals surface area contributed by atoms with Crippen molar-refractivity contribution in [2.45, 2.75) is 25.8 Å². The summed E-state index contributed by atoms with van der Waals surface area (Å²) in [6.07, 6.45) is 1.48. The second kappa shape index (κ2) is 12.8. The molecular formula is C12H26N2O4. The third-order valence-corrected chi connectivity index (χ3v) is 2.35. The first-order valence-electron chi connectivity index (χ1n) is 6.39. The van der Waals surface area contributed by atoms with E-state index in [0.717, 1.165) is 13.0 Å². The van der Waals surface area contributed by atoms with Crippen LogP contribution in [0.5, 0.6) is 0 Å². The van der Waals surface area contributed by atoms with Crippen molar-refractivity contribution in [3.63, 3.8) is 0 Å². The van der Waals surface area contributed by atoms with Crippen molar-refractivity contribution >= 4 is 5.91 Å². The molecular weight excluding hydrogens is 236 g/mol. The summed E-state index contributed by atoms with van der Waals surface area (Å²) in [5.41, 5.74) is 5.24. The van der Waals surface area contributed by atoms with Crippen molar-refractivity contribution < 1.29 is 19.0 Å². The number of nitrogens with one attached hydrogen (secondary N) is 1. The molecule has 0 saturated heterocycles. The number of likely N-dealkylation sites (N-methyl/N-ethyl adjacent to an activating group) is 1. The van der Waals surface area contributed by atoms with Crippen LogP contribution in [0.15, 0.2) is 0 Å². The maximum Gasteiger partial charge on any atom is 0.234 e. The molecule has 1 unspecified atom stereocenters. The quantitative estimate of drug-likeness (QED) is 0.453. The lowest BCUT2D eigenvalue weighted by Gasteiger charge is -2.13. The largest absolute Gasteiger partial charge is 0.385 e. The first kappa shape index (κ1) is 17.3. The van der Waals surface area contributed by atoms with Crippen LogP contribution in [0.4, 0.5) is 0 Å². The van der Waals surface area contributed by atoms with Crippen molar-refractivity contribution in [1.29, 1.82) is 0 Å². The van der Waals surface area contributed by atoms with E-state index in [1.54, 1.807) is 7.11 Å². The number of ether oxygens (including phenoxy) is 3. The van der Waals surface area contributed by atoms with Gasteiger partial charge in [-0.05, 0) is 19.4 Å². The molecule has 0 spiro atoms. The Morgan fingerprint density at radius 3 is 2.39 bits per heavy atom. The highest BCUT2D eigenvalue weighted by molar-refractivity contribution is 5.79. The number of methoxy groups -OCH3 is 1. The van der Waals surface area contributed by atoms with Gasteiger partial charge in [-0.3, -0.25) is 4.79 Å². The van der Waals surface area contributed by atoms with Gasteiger partial charge < -0.3 is 25.3 Å². The third kappa shape index (κ3) is 10.5. The summed E-state index contributed by atoms with van der Waals surface area (Å²) >= 11 is 0. The van der Waals surface area contributed by atoms with Gasteiger partial charge in [-0.2, -0.15) is 0 Å². The van der Waals surface area contributed by atoms with Crippen LogP contribution in [0.25, 0.3) is 0 Å². The smallest absolute Gasteiger partial charge is 0.234 e. The van der Waals surface area contributed by atoms with Crippen LogP contribution in [0.2, 0.25) is 0 Å². The maximum absolute atomic E-state index is 11.0. The van der Waals surface area contributed by atoms with Crippen molar-refractivity contribution in [3.8, 4) is 0 Å². The molecule has 108 valence electrons. The highest BCUT2D eigenvalue weighted by Crippen LogP contribution is 1.93. The highest BCUT2D eigenvalue weighted by atomic mass is 16.5. The van der Waals surface area contributed by atoms with Crippen molar-refractivity contribution in [2.75, 3.05) is 46.7 Å². The zero-order chi connectivity index (χ0) is 13.6. The van der Waals surface area contributed by atoms with Crippen LogP contribution < -0.4 is 11.1 Å². The second-order valence-corrected chi connectivity index (χ2v) is 3.87. The highest BCUT2D eigenvalue weighted by Gasteiger charge is 2.12. The van der Waals surface area contributed by atoms with Crippen LogP contribution in [-0.4, -0.2) is 58.6 Å². The summed E-state index contributed by atoms with van der Waals surface area (Å²) in [5, 5.41) is 3.01. The summed E-state index contributed by atoms with van der Waals surface area (Å²) < 4.78 is 15.6. The Morgan fingerprint density at radius 1 is 1.17 bits per heavy atom. The average Bonchev–Trinajstić information content (AvgIpc) is 2.35. The summed E-state index contributed by atoms with van der Waals surface area (Å²) in [5.74, 6) is -0.337. The van der Waals surface area contributed by atoms with Gasteiger partial charge in [0.15, 0.2) is 0 Å². The van der Waals surface area contributed by atoms with E-state index in [1.165, 1.54) is 0 Å². The minimum Gasteiger partial charge on any atom is -0.385 e. The SMILES string of the molecule is CCNC(CCOCCOCCCOC)C(N)=O. The van der Waals surface area contributed by atoms with Gasteiger partial charge in [0, 0.05) is 26.9 Å². The number of hydrogen-bond donors (Lipinski definition) is 2.